The quantitative estimate of drug-likeness (QED) is 0.700. The standard InChI is InChI=1S/C20H22N2O3S/c1-14-3-6-17(7-4-14)26(24,25)13-20(23)21-10-9-16-12-22-19-8-5-15(2)11-18(16)19/h3-8,11-12,22H,9-10,13H2,1-2H3,(H,21,23). The van der Waals surface area contributed by atoms with E-state index in [1.165, 1.54) is 17.7 Å². The van der Waals surface area contributed by atoms with E-state index in [0.717, 1.165) is 22.0 Å². The monoisotopic (exact) mass is 370 g/mol. The van der Waals surface area contributed by atoms with Crippen molar-refractivity contribution in [2.45, 2.75) is 25.2 Å². The summed E-state index contributed by atoms with van der Waals surface area (Å²) in [6.45, 7) is 4.31. The van der Waals surface area contributed by atoms with Crippen LogP contribution >= 0.6 is 0 Å². The number of carbonyl (C=O) groups excluding carboxylic acids is 1. The normalized spacial score (nSPS) is 11.6. The van der Waals surface area contributed by atoms with Crippen molar-refractivity contribution >= 4 is 26.6 Å². The zero-order valence-corrected chi connectivity index (χ0v) is 15.7. The molecule has 0 saturated heterocycles. The molecule has 3 aromatic rings. The fraction of sp³-hybridized carbons (Fsp3) is 0.250. The van der Waals surface area contributed by atoms with Gasteiger partial charge in [0.15, 0.2) is 9.84 Å². The number of fused-ring (bicyclic) bond motifs is 1. The van der Waals surface area contributed by atoms with Crippen LogP contribution in [0.1, 0.15) is 16.7 Å². The minimum absolute atomic E-state index is 0.172. The second-order valence-corrected chi connectivity index (χ2v) is 8.52. The minimum atomic E-state index is -3.62. The molecule has 1 aromatic heterocycles. The summed E-state index contributed by atoms with van der Waals surface area (Å²) in [5.41, 5.74) is 4.30. The number of sulfone groups is 1. The van der Waals surface area contributed by atoms with E-state index in [-0.39, 0.29) is 4.90 Å². The van der Waals surface area contributed by atoms with Crippen molar-refractivity contribution in [2.75, 3.05) is 12.3 Å². The summed E-state index contributed by atoms with van der Waals surface area (Å²) in [5.74, 6) is -1.02. The highest BCUT2D eigenvalue weighted by Gasteiger charge is 2.19. The van der Waals surface area contributed by atoms with Crippen molar-refractivity contribution in [1.29, 1.82) is 0 Å². The van der Waals surface area contributed by atoms with Crippen LogP contribution in [0.25, 0.3) is 10.9 Å². The van der Waals surface area contributed by atoms with Crippen molar-refractivity contribution in [3.05, 3.63) is 65.4 Å². The molecular formula is C20H22N2O3S. The Morgan fingerprint density at radius 2 is 1.73 bits per heavy atom. The highest BCUT2D eigenvalue weighted by Crippen LogP contribution is 2.20. The summed E-state index contributed by atoms with van der Waals surface area (Å²) in [6, 6.07) is 12.7. The predicted molar refractivity (Wildman–Crippen MR) is 103 cm³/mol. The number of aromatic amines is 1. The summed E-state index contributed by atoms with van der Waals surface area (Å²) in [7, 11) is -3.62. The lowest BCUT2D eigenvalue weighted by Crippen LogP contribution is -2.31. The van der Waals surface area contributed by atoms with E-state index in [2.05, 4.69) is 16.4 Å². The Morgan fingerprint density at radius 1 is 1.04 bits per heavy atom. The SMILES string of the molecule is Cc1ccc(S(=O)(=O)CC(=O)NCCc2c[nH]c3ccc(C)cc23)cc1. The lowest BCUT2D eigenvalue weighted by atomic mass is 10.1. The third-order valence-corrected chi connectivity index (χ3v) is 5.97. The number of aryl methyl sites for hydroxylation is 2. The number of aromatic nitrogens is 1. The summed E-state index contributed by atoms with van der Waals surface area (Å²) >= 11 is 0. The molecule has 0 bridgehead atoms. The summed E-state index contributed by atoms with van der Waals surface area (Å²) in [4.78, 5) is 15.4. The first kappa shape index (κ1) is 18.2. The van der Waals surface area contributed by atoms with Crippen LogP contribution in [-0.4, -0.2) is 31.6 Å². The van der Waals surface area contributed by atoms with Crippen LogP contribution in [-0.2, 0) is 21.1 Å². The molecule has 0 saturated carbocycles. The lowest BCUT2D eigenvalue weighted by Gasteiger charge is -2.07. The van der Waals surface area contributed by atoms with Crippen LogP contribution in [0, 0.1) is 13.8 Å². The zero-order valence-electron chi connectivity index (χ0n) is 14.9. The number of benzene rings is 2. The van der Waals surface area contributed by atoms with Gasteiger partial charge in [-0.15, -0.1) is 0 Å². The molecule has 2 aromatic carbocycles. The Labute approximate surface area is 153 Å². The van der Waals surface area contributed by atoms with Gasteiger partial charge in [-0.05, 0) is 50.1 Å². The highest BCUT2D eigenvalue weighted by molar-refractivity contribution is 7.92. The van der Waals surface area contributed by atoms with Crippen LogP contribution < -0.4 is 5.32 Å². The summed E-state index contributed by atoms with van der Waals surface area (Å²) < 4.78 is 24.6. The van der Waals surface area contributed by atoms with Gasteiger partial charge >= 0.3 is 0 Å². The van der Waals surface area contributed by atoms with E-state index in [9.17, 15) is 13.2 Å². The topological polar surface area (TPSA) is 79.0 Å². The molecule has 5 nitrogen and oxygen atoms in total. The van der Waals surface area contributed by atoms with Crippen LogP contribution in [0.5, 0.6) is 0 Å². The summed E-state index contributed by atoms with van der Waals surface area (Å²) in [6.07, 6.45) is 2.57. The molecule has 136 valence electrons. The van der Waals surface area contributed by atoms with Crippen molar-refractivity contribution in [3.63, 3.8) is 0 Å². The maximum Gasteiger partial charge on any atom is 0.235 e. The molecule has 0 aliphatic carbocycles. The van der Waals surface area contributed by atoms with Crippen molar-refractivity contribution in [1.82, 2.24) is 10.3 Å². The van der Waals surface area contributed by atoms with Crippen LogP contribution in [0.3, 0.4) is 0 Å². The smallest absolute Gasteiger partial charge is 0.235 e. The Kier molecular flexibility index (Phi) is 5.13. The first-order chi connectivity index (χ1) is 12.3. The van der Waals surface area contributed by atoms with Crippen molar-refractivity contribution < 1.29 is 13.2 Å². The third kappa shape index (κ3) is 4.14. The van der Waals surface area contributed by atoms with Gasteiger partial charge in [-0.25, -0.2) is 8.42 Å². The predicted octanol–water partition coefficient (Wildman–Crippen LogP) is 2.92. The number of amides is 1. The number of hydrogen-bond donors (Lipinski definition) is 2. The zero-order chi connectivity index (χ0) is 18.7. The molecule has 6 heteroatoms. The first-order valence-corrected chi connectivity index (χ1v) is 10.1. The van der Waals surface area contributed by atoms with E-state index in [1.54, 1.807) is 12.1 Å². The van der Waals surface area contributed by atoms with Gasteiger partial charge in [0.05, 0.1) is 4.90 Å². The molecule has 2 N–H and O–H groups in total. The highest BCUT2D eigenvalue weighted by atomic mass is 32.2. The number of H-pyrrole nitrogens is 1. The van der Waals surface area contributed by atoms with E-state index in [0.29, 0.717) is 13.0 Å². The molecule has 3 rings (SSSR count). The Morgan fingerprint density at radius 3 is 2.46 bits per heavy atom. The fourth-order valence-corrected chi connectivity index (χ4v) is 4.05. The van der Waals surface area contributed by atoms with Gasteiger partial charge in [0.2, 0.25) is 5.91 Å². The maximum atomic E-state index is 12.3. The fourth-order valence-electron chi connectivity index (χ4n) is 2.89. The molecule has 0 unspecified atom stereocenters. The first-order valence-electron chi connectivity index (χ1n) is 8.48. The summed E-state index contributed by atoms with van der Waals surface area (Å²) in [5, 5.41) is 3.84. The van der Waals surface area contributed by atoms with Gasteiger partial charge < -0.3 is 10.3 Å². The van der Waals surface area contributed by atoms with E-state index in [1.807, 2.05) is 32.2 Å². The number of nitrogens with one attached hydrogen (secondary N) is 2. The third-order valence-electron chi connectivity index (χ3n) is 4.34. The van der Waals surface area contributed by atoms with Gasteiger partial charge in [0.25, 0.3) is 0 Å². The molecule has 0 spiro atoms. The second kappa shape index (κ2) is 7.33. The molecule has 0 radical (unpaired) electrons. The molecule has 0 fully saturated rings. The molecule has 26 heavy (non-hydrogen) atoms. The van der Waals surface area contributed by atoms with Crippen molar-refractivity contribution in [3.8, 4) is 0 Å². The van der Waals surface area contributed by atoms with E-state index >= 15 is 0 Å². The van der Waals surface area contributed by atoms with Gasteiger partial charge in [0, 0.05) is 23.6 Å². The van der Waals surface area contributed by atoms with Gasteiger partial charge in [0.1, 0.15) is 5.75 Å². The van der Waals surface area contributed by atoms with Crippen LogP contribution in [0.15, 0.2) is 53.6 Å². The van der Waals surface area contributed by atoms with Gasteiger partial charge in [-0.2, -0.15) is 0 Å². The Balaban J connectivity index is 1.58. The molecule has 1 heterocycles. The molecule has 0 aliphatic rings. The van der Waals surface area contributed by atoms with Crippen LogP contribution in [0.2, 0.25) is 0 Å². The van der Waals surface area contributed by atoms with Crippen molar-refractivity contribution in [2.24, 2.45) is 0 Å². The Hall–Kier alpha value is -2.60. The lowest BCUT2D eigenvalue weighted by molar-refractivity contribution is -0.118. The maximum absolute atomic E-state index is 12.3. The van der Waals surface area contributed by atoms with E-state index in [4.69, 9.17) is 0 Å². The Bertz CT molecular complexity index is 1030. The average molecular weight is 370 g/mol. The van der Waals surface area contributed by atoms with Crippen LogP contribution in [0.4, 0.5) is 0 Å². The average Bonchev–Trinajstić information content (AvgIpc) is 2.97. The van der Waals surface area contributed by atoms with Gasteiger partial charge in [-0.3, -0.25) is 4.79 Å². The minimum Gasteiger partial charge on any atom is -0.361 e. The number of carbonyl (C=O) groups is 1. The largest absolute Gasteiger partial charge is 0.361 e. The molecular weight excluding hydrogens is 348 g/mol. The molecule has 0 aliphatic heterocycles. The molecule has 0 atom stereocenters. The number of hydrogen-bond acceptors (Lipinski definition) is 3. The number of rotatable bonds is 6. The second-order valence-electron chi connectivity index (χ2n) is 6.54. The van der Waals surface area contributed by atoms with E-state index < -0.39 is 21.5 Å². The molecule has 1 amide bonds. The van der Waals surface area contributed by atoms with Gasteiger partial charge in [-0.1, -0.05) is 29.3 Å².